The fourth-order valence-corrected chi connectivity index (χ4v) is 3.35. The van der Waals surface area contributed by atoms with Gasteiger partial charge in [-0.25, -0.2) is 9.37 Å². The molecule has 22 heavy (non-hydrogen) atoms. The number of halogens is 1. The van der Waals surface area contributed by atoms with Crippen molar-refractivity contribution >= 4 is 17.2 Å². The molecule has 1 fully saturated rings. The molecule has 0 saturated carbocycles. The molecular formula is C15H16FN3O2S. The van der Waals surface area contributed by atoms with Gasteiger partial charge in [0.25, 0.3) is 5.91 Å². The van der Waals surface area contributed by atoms with Gasteiger partial charge in [-0.05, 0) is 31.2 Å². The van der Waals surface area contributed by atoms with E-state index in [0.717, 1.165) is 10.6 Å². The largest absolute Gasteiger partial charge is 0.355 e. The standard InChI is InChI=1S/C15H16FN3O2S/c1-9-18-13(10-2-4-11(16)5-3-10)14(22-9)15(20)19-6-7-21-12(19)8-17/h2-5,12H,6-8,17H2,1H3. The number of rotatable bonds is 3. The second-order valence-electron chi connectivity index (χ2n) is 4.98. The lowest BCUT2D eigenvalue weighted by Gasteiger charge is -2.21. The maximum atomic E-state index is 13.1. The number of aromatic nitrogens is 1. The molecule has 1 aliphatic heterocycles. The van der Waals surface area contributed by atoms with Crippen molar-refractivity contribution in [3.63, 3.8) is 0 Å². The molecular weight excluding hydrogens is 305 g/mol. The summed E-state index contributed by atoms with van der Waals surface area (Å²) in [4.78, 5) is 19.4. The number of benzene rings is 1. The van der Waals surface area contributed by atoms with Crippen molar-refractivity contribution in [3.05, 3.63) is 40.0 Å². The molecule has 1 aliphatic rings. The molecule has 1 aromatic heterocycles. The normalized spacial score (nSPS) is 18.0. The molecule has 2 N–H and O–H groups in total. The Morgan fingerprint density at radius 1 is 1.50 bits per heavy atom. The monoisotopic (exact) mass is 321 g/mol. The zero-order valence-corrected chi connectivity index (χ0v) is 12.9. The van der Waals surface area contributed by atoms with Gasteiger partial charge >= 0.3 is 0 Å². The van der Waals surface area contributed by atoms with E-state index in [1.807, 2.05) is 6.92 Å². The fourth-order valence-electron chi connectivity index (χ4n) is 2.45. The summed E-state index contributed by atoms with van der Waals surface area (Å²) in [6.45, 7) is 3.10. The third-order valence-corrected chi connectivity index (χ3v) is 4.46. The predicted molar refractivity (Wildman–Crippen MR) is 82.1 cm³/mol. The molecule has 5 nitrogen and oxygen atoms in total. The van der Waals surface area contributed by atoms with E-state index in [4.69, 9.17) is 10.5 Å². The van der Waals surface area contributed by atoms with Crippen molar-refractivity contribution in [2.24, 2.45) is 5.73 Å². The summed E-state index contributed by atoms with van der Waals surface area (Å²) in [5.74, 6) is -0.461. The molecule has 1 aromatic carbocycles. The number of amides is 1. The van der Waals surface area contributed by atoms with Crippen LogP contribution in [0.3, 0.4) is 0 Å². The molecule has 0 aliphatic carbocycles. The first-order valence-electron chi connectivity index (χ1n) is 6.96. The first kappa shape index (κ1) is 15.1. The van der Waals surface area contributed by atoms with Crippen LogP contribution >= 0.6 is 11.3 Å². The maximum absolute atomic E-state index is 13.1. The van der Waals surface area contributed by atoms with Crippen LogP contribution in [-0.4, -0.2) is 41.7 Å². The topological polar surface area (TPSA) is 68.5 Å². The van der Waals surface area contributed by atoms with Crippen LogP contribution in [0, 0.1) is 12.7 Å². The number of thiazole rings is 1. The van der Waals surface area contributed by atoms with Crippen LogP contribution in [0.25, 0.3) is 11.3 Å². The van der Waals surface area contributed by atoms with Gasteiger partial charge in [0.15, 0.2) is 0 Å². The average Bonchev–Trinajstić information content (AvgIpc) is 3.13. The number of hydrogen-bond donors (Lipinski definition) is 1. The van der Waals surface area contributed by atoms with Crippen molar-refractivity contribution < 1.29 is 13.9 Å². The molecule has 2 heterocycles. The summed E-state index contributed by atoms with van der Waals surface area (Å²) in [6, 6.07) is 5.98. The van der Waals surface area contributed by atoms with E-state index in [2.05, 4.69) is 4.98 Å². The summed E-state index contributed by atoms with van der Waals surface area (Å²) in [5, 5.41) is 0.784. The molecule has 0 bridgehead atoms. The summed E-state index contributed by atoms with van der Waals surface area (Å²) < 4.78 is 18.5. The third kappa shape index (κ3) is 2.75. The van der Waals surface area contributed by atoms with E-state index in [1.54, 1.807) is 17.0 Å². The van der Waals surface area contributed by atoms with Gasteiger partial charge in [-0.1, -0.05) is 0 Å². The van der Waals surface area contributed by atoms with Crippen LogP contribution < -0.4 is 5.73 Å². The highest BCUT2D eigenvalue weighted by Crippen LogP contribution is 2.30. The van der Waals surface area contributed by atoms with Crippen LogP contribution in [0.1, 0.15) is 14.7 Å². The van der Waals surface area contributed by atoms with Gasteiger partial charge in [0.1, 0.15) is 16.9 Å². The Hall–Kier alpha value is -1.83. The Morgan fingerprint density at radius 2 is 2.23 bits per heavy atom. The van der Waals surface area contributed by atoms with Gasteiger partial charge in [0, 0.05) is 18.7 Å². The first-order valence-corrected chi connectivity index (χ1v) is 7.78. The molecule has 0 radical (unpaired) electrons. The molecule has 0 spiro atoms. The predicted octanol–water partition coefficient (Wildman–Crippen LogP) is 2.01. The number of carbonyl (C=O) groups excluding carboxylic acids is 1. The van der Waals surface area contributed by atoms with Crippen molar-refractivity contribution in [2.75, 3.05) is 19.7 Å². The summed E-state index contributed by atoms with van der Waals surface area (Å²) in [7, 11) is 0. The maximum Gasteiger partial charge on any atom is 0.268 e. The van der Waals surface area contributed by atoms with Crippen molar-refractivity contribution in [1.82, 2.24) is 9.88 Å². The van der Waals surface area contributed by atoms with Gasteiger partial charge in [0.05, 0.1) is 17.3 Å². The number of nitrogens with zero attached hydrogens (tertiary/aromatic N) is 2. The number of carbonyl (C=O) groups is 1. The molecule has 1 saturated heterocycles. The number of ether oxygens (including phenoxy) is 1. The zero-order valence-electron chi connectivity index (χ0n) is 12.1. The Bertz CT molecular complexity index is 687. The fraction of sp³-hybridized carbons (Fsp3) is 0.333. The number of hydrogen-bond acceptors (Lipinski definition) is 5. The minimum absolute atomic E-state index is 0.141. The SMILES string of the molecule is Cc1nc(-c2ccc(F)cc2)c(C(=O)N2CCOC2CN)s1. The second kappa shape index (κ2) is 6.12. The van der Waals surface area contributed by atoms with E-state index in [-0.39, 0.29) is 18.3 Å². The van der Waals surface area contributed by atoms with Crippen LogP contribution in [-0.2, 0) is 4.74 Å². The lowest BCUT2D eigenvalue weighted by Crippen LogP contribution is -2.40. The lowest BCUT2D eigenvalue weighted by atomic mass is 10.1. The van der Waals surface area contributed by atoms with Gasteiger partial charge in [0.2, 0.25) is 0 Å². The molecule has 3 rings (SSSR count). The molecule has 7 heteroatoms. The summed E-state index contributed by atoms with van der Waals surface area (Å²) >= 11 is 1.33. The van der Waals surface area contributed by atoms with Crippen molar-refractivity contribution in [3.8, 4) is 11.3 Å². The van der Waals surface area contributed by atoms with E-state index in [9.17, 15) is 9.18 Å². The molecule has 2 aromatic rings. The Kier molecular flexibility index (Phi) is 4.19. The van der Waals surface area contributed by atoms with E-state index in [1.165, 1.54) is 23.5 Å². The van der Waals surface area contributed by atoms with Gasteiger partial charge in [-0.15, -0.1) is 11.3 Å². The quantitative estimate of drug-likeness (QED) is 0.939. The molecule has 1 atom stereocenters. The zero-order chi connectivity index (χ0) is 15.7. The molecule has 116 valence electrons. The first-order chi connectivity index (χ1) is 10.6. The Balaban J connectivity index is 1.97. The highest BCUT2D eigenvalue weighted by atomic mass is 32.1. The summed E-state index contributed by atoms with van der Waals surface area (Å²) in [5.41, 5.74) is 6.94. The number of nitrogens with two attached hydrogens (primary N) is 1. The van der Waals surface area contributed by atoms with Crippen LogP contribution in [0.4, 0.5) is 4.39 Å². The Labute approximate surface area is 131 Å². The van der Waals surface area contributed by atoms with E-state index in [0.29, 0.717) is 23.7 Å². The van der Waals surface area contributed by atoms with Crippen LogP contribution in [0.5, 0.6) is 0 Å². The van der Waals surface area contributed by atoms with Gasteiger partial charge in [-0.3, -0.25) is 4.79 Å². The number of aryl methyl sites for hydroxylation is 1. The van der Waals surface area contributed by atoms with Crippen LogP contribution in [0.15, 0.2) is 24.3 Å². The highest BCUT2D eigenvalue weighted by Gasteiger charge is 2.32. The second-order valence-corrected chi connectivity index (χ2v) is 6.18. The minimum atomic E-state index is -0.393. The molecule has 1 unspecified atom stereocenters. The lowest BCUT2D eigenvalue weighted by molar-refractivity contribution is 0.0332. The molecule has 1 amide bonds. The van der Waals surface area contributed by atoms with Crippen LogP contribution in [0.2, 0.25) is 0 Å². The smallest absolute Gasteiger partial charge is 0.268 e. The highest BCUT2D eigenvalue weighted by molar-refractivity contribution is 7.14. The average molecular weight is 321 g/mol. The minimum Gasteiger partial charge on any atom is -0.355 e. The van der Waals surface area contributed by atoms with Crippen molar-refractivity contribution in [1.29, 1.82) is 0 Å². The van der Waals surface area contributed by atoms with Gasteiger partial charge < -0.3 is 15.4 Å². The third-order valence-electron chi connectivity index (χ3n) is 3.50. The van der Waals surface area contributed by atoms with Crippen molar-refractivity contribution in [2.45, 2.75) is 13.2 Å². The van der Waals surface area contributed by atoms with Gasteiger partial charge in [-0.2, -0.15) is 0 Å². The van der Waals surface area contributed by atoms with E-state index >= 15 is 0 Å². The van der Waals surface area contributed by atoms with E-state index < -0.39 is 6.23 Å². The Morgan fingerprint density at radius 3 is 2.91 bits per heavy atom. The summed E-state index contributed by atoms with van der Waals surface area (Å²) in [6.07, 6.45) is -0.393.